The zero-order valence-corrected chi connectivity index (χ0v) is 14.8. The van der Waals surface area contributed by atoms with Crippen LogP contribution in [-0.2, 0) is 11.3 Å². The summed E-state index contributed by atoms with van der Waals surface area (Å²) in [5.41, 5.74) is 1.78. The van der Waals surface area contributed by atoms with Gasteiger partial charge in [0.25, 0.3) is 0 Å². The third kappa shape index (κ3) is 2.73. The molecule has 0 saturated heterocycles. The summed E-state index contributed by atoms with van der Waals surface area (Å²) >= 11 is 1.61. The Kier molecular flexibility index (Phi) is 4.24. The molecular weight excluding hydrogens is 326 g/mol. The van der Waals surface area contributed by atoms with E-state index in [4.69, 9.17) is 9.15 Å². The molecule has 0 aliphatic carbocycles. The highest BCUT2D eigenvalue weighted by Crippen LogP contribution is 2.26. The van der Waals surface area contributed by atoms with E-state index >= 15 is 0 Å². The summed E-state index contributed by atoms with van der Waals surface area (Å²) in [6.45, 7) is 7.97. The Morgan fingerprint density at radius 1 is 1.33 bits per heavy atom. The number of ether oxygens (including phenoxy) is 1. The van der Waals surface area contributed by atoms with Gasteiger partial charge in [0.05, 0.1) is 10.8 Å². The van der Waals surface area contributed by atoms with Crippen LogP contribution in [-0.4, -0.2) is 5.97 Å². The quantitative estimate of drug-likeness (QED) is 0.415. The summed E-state index contributed by atoms with van der Waals surface area (Å²) in [6.07, 6.45) is 0. The van der Waals surface area contributed by atoms with Crippen LogP contribution in [0.3, 0.4) is 0 Å². The number of fused-ring (bicyclic) bond motifs is 1. The number of rotatable bonds is 3. The van der Waals surface area contributed by atoms with Gasteiger partial charge in [0.2, 0.25) is 16.1 Å². The second-order valence-electron chi connectivity index (χ2n) is 5.50. The highest BCUT2D eigenvalue weighted by Gasteiger charge is 2.24. The molecule has 0 atom stereocenters. The number of carbonyl (C=O) groups is 1. The first kappa shape index (κ1) is 16.4. The highest BCUT2D eigenvalue weighted by molar-refractivity contribution is 7.09. The second kappa shape index (κ2) is 6.20. The molecular formula is C18H18NO4S+. The van der Waals surface area contributed by atoms with E-state index in [1.165, 1.54) is 6.92 Å². The number of aryl methyl sites for hydroxylation is 2. The Morgan fingerprint density at radius 2 is 2.08 bits per heavy atom. The summed E-state index contributed by atoms with van der Waals surface area (Å²) < 4.78 is 13.0. The molecule has 0 radical (unpaired) electrons. The zero-order valence-electron chi connectivity index (χ0n) is 14.0. The van der Waals surface area contributed by atoms with Gasteiger partial charge in [-0.25, -0.2) is 0 Å². The molecule has 6 heteroatoms. The summed E-state index contributed by atoms with van der Waals surface area (Å²) in [7, 11) is 0. The number of hydrogen-bond donors (Lipinski definition) is 0. The normalized spacial score (nSPS) is 11.0. The van der Waals surface area contributed by atoms with Gasteiger partial charge >= 0.3 is 5.97 Å². The van der Waals surface area contributed by atoms with Crippen LogP contribution in [0.5, 0.6) is 5.75 Å². The molecule has 124 valence electrons. The summed E-state index contributed by atoms with van der Waals surface area (Å²) in [5.74, 6) is 0.496. The topological polar surface area (TPSA) is 60.4 Å². The van der Waals surface area contributed by atoms with Crippen LogP contribution in [0.4, 0.5) is 0 Å². The van der Waals surface area contributed by atoms with E-state index < -0.39 is 5.97 Å². The smallest absolute Gasteiger partial charge is 0.308 e. The first-order valence-electron chi connectivity index (χ1n) is 7.66. The second-order valence-corrected chi connectivity index (χ2v) is 6.56. The summed E-state index contributed by atoms with van der Waals surface area (Å²) in [4.78, 5) is 24.1. The molecule has 3 aromatic rings. The first-order valence-corrected chi connectivity index (χ1v) is 8.54. The minimum atomic E-state index is -0.414. The highest BCUT2D eigenvalue weighted by atomic mass is 32.1. The van der Waals surface area contributed by atoms with Gasteiger partial charge in [0.1, 0.15) is 29.2 Å². The maximum Gasteiger partial charge on any atom is 0.308 e. The zero-order chi connectivity index (χ0) is 17.4. The van der Waals surface area contributed by atoms with Crippen LogP contribution in [0.2, 0.25) is 0 Å². The third-order valence-electron chi connectivity index (χ3n) is 3.89. The minimum absolute atomic E-state index is 0.0804. The maximum absolute atomic E-state index is 13.0. The molecule has 0 unspecified atom stereocenters. The van der Waals surface area contributed by atoms with Crippen molar-refractivity contribution in [1.29, 1.82) is 0 Å². The standard InChI is InChI=1S/C18H18NO4S/c1-5-19-11(3)24-9-15(19)17-10(2)22-16-8-13(23-12(4)20)6-7-14(16)18(17)21/h6-9H,5H2,1-4H3/q+1. The van der Waals surface area contributed by atoms with E-state index in [0.29, 0.717) is 28.0 Å². The van der Waals surface area contributed by atoms with Crippen LogP contribution >= 0.6 is 11.3 Å². The number of thiazole rings is 1. The number of aromatic nitrogens is 1. The molecule has 1 aromatic carbocycles. The Morgan fingerprint density at radius 3 is 2.75 bits per heavy atom. The van der Waals surface area contributed by atoms with Crippen molar-refractivity contribution in [3.05, 3.63) is 44.6 Å². The Hall–Kier alpha value is -2.47. The van der Waals surface area contributed by atoms with Gasteiger partial charge in [-0.3, -0.25) is 9.59 Å². The van der Waals surface area contributed by atoms with Crippen molar-refractivity contribution >= 4 is 28.3 Å². The van der Waals surface area contributed by atoms with Crippen LogP contribution in [0.1, 0.15) is 24.6 Å². The number of nitrogens with zero attached hydrogens (tertiary/aromatic N) is 1. The lowest BCUT2D eigenvalue weighted by atomic mass is 10.1. The van der Waals surface area contributed by atoms with Gasteiger partial charge in [-0.1, -0.05) is 11.3 Å². The van der Waals surface area contributed by atoms with E-state index in [0.717, 1.165) is 17.2 Å². The van der Waals surface area contributed by atoms with Crippen molar-refractivity contribution in [1.82, 2.24) is 0 Å². The molecule has 0 saturated carbocycles. The van der Waals surface area contributed by atoms with Gasteiger partial charge < -0.3 is 9.15 Å². The van der Waals surface area contributed by atoms with Crippen LogP contribution < -0.4 is 14.7 Å². The Balaban J connectivity index is 2.24. The fourth-order valence-electron chi connectivity index (χ4n) is 2.84. The molecule has 0 aliphatic heterocycles. The summed E-state index contributed by atoms with van der Waals surface area (Å²) in [5, 5.41) is 3.59. The van der Waals surface area contributed by atoms with Crippen molar-refractivity contribution in [2.75, 3.05) is 0 Å². The van der Waals surface area contributed by atoms with E-state index in [2.05, 4.69) is 4.57 Å². The van der Waals surface area contributed by atoms with Crippen molar-refractivity contribution in [3.8, 4) is 17.0 Å². The van der Waals surface area contributed by atoms with Gasteiger partial charge in [0.15, 0.2) is 0 Å². The molecule has 2 aromatic heterocycles. The number of carbonyl (C=O) groups excluding carboxylic acids is 1. The third-order valence-corrected chi connectivity index (χ3v) is 4.79. The number of esters is 1. The van der Waals surface area contributed by atoms with Crippen molar-refractivity contribution in [2.45, 2.75) is 34.2 Å². The lowest BCUT2D eigenvalue weighted by Crippen LogP contribution is -2.36. The fraction of sp³-hybridized carbons (Fsp3) is 0.278. The van der Waals surface area contributed by atoms with Crippen LogP contribution in [0.15, 0.2) is 32.8 Å². The molecule has 5 nitrogen and oxygen atoms in total. The van der Waals surface area contributed by atoms with Gasteiger partial charge in [-0.2, -0.15) is 4.57 Å². The van der Waals surface area contributed by atoms with Gasteiger partial charge in [-0.05, 0) is 26.0 Å². The van der Waals surface area contributed by atoms with E-state index in [1.807, 2.05) is 19.2 Å². The Labute approximate surface area is 143 Å². The molecule has 0 N–H and O–H groups in total. The first-order chi connectivity index (χ1) is 11.4. The Bertz CT molecular complexity index is 1000. The average Bonchev–Trinajstić information content (AvgIpc) is 2.87. The van der Waals surface area contributed by atoms with Crippen molar-refractivity contribution in [2.24, 2.45) is 0 Å². The van der Waals surface area contributed by atoms with E-state index in [-0.39, 0.29) is 5.43 Å². The number of hydrogen-bond acceptors (Lipinski definition) is 5. The summed E-state index contributed by atoms with van der Waals surface area (Å²) in [6, 6.07) is 4.81. The molecule has 24 heavy (non-hydrogen) atoms. The molecule has 0 spiro atoms. The molecule has 3 rings (SSSR count). The monoisotopic (exact) mass is 344 g/mol. The number of benzene rings is 1. The van der Waals surface area contributed by atoms with Crippen molar-refractivity contribution in [3.63, 3.8) is 0 Å². The van der Waals surface area contributed by atoms with Gasteiger partial charge in [0, 0.05) is 19.9 Å². The lowest BCUT2D eigenvalue weighted by molar-refractivity contribution is -0.683. The molecule has 0 bridgehead atoms. The average molecular weight is 344 g/mol. The molecule has 0 aliphatic rings. The molecule has 0 amide bonds. The SMILES string of the molecule is CC[n+]1c(-c2c(C)oc3cc(OC(C)=O)ccc3c2=O)csc1C. The fourth-order valence-corrected chi connectivity index (χ4v) is 3.72. The van der Waals surface area contributed by atoms with Crippen LogP contribution in [0.25, 0.3) is 22.2 Å². The van der Waals surface area contributed by atoms with Gasteiger partial charge in [-0.15, -0.1) is 0 Å². The van der Waals surface area contributed by atoms with E-state index in [9.17, 15) is 9.59 Å². The van der Waals surface area contributed by atoms with Crippen molar-refractivity contribution < 1.29 is 18.5 Å². The largest absolute Gasteiger partial charge is 0.460 e. The van der Waals surface area contributed by atoms with E-state index in [1.54, 1.807) is 36.5 Å². The predicted octanol–water partition coefficient (Wildman–Crippen LogP) is 3.37. The maximum atomic E-state index is 13.0. The lowest BCUT2D eigenvalue weighted by Gasteiger charge is -2.06. The predicted molar refractivity (Wildman–Crippen MR) is 92.4 cm³/mol. The molecule has 0 fully saturated rings. The van der Waals surface area contributed by atoms with Crippen LogP contribution in [0, 0.1) is 13.8 Å². The molecule has 2 heterocycles. The minimum Gasteiger partial charge on any atom is -0.460 e.